The molecular weight excluding hydrogens is 190 g/mol. The molecule has 0 bridgehead atoms. The first-order valence-electron chi connectivity index (χ1n) is 5.23. The van der Waals surface area contributed by atoms with Crippen molar-refractivity contribution in [2.24, 2.45) is 11.1 Å². The number of hydrogen-bond donors (Lipinski definition) is 2. The maximum atomic E-state index is 5.70. The Labute approximate surface area is 89.8 Å². The van der Waals surface area contributed by atoms with Gasteiger partial charge >= 0.3 is 0 Å². The molecule has 0 aromatic carbocycles. The number of aromatic nitrogens is 1. The highest BCUT2D eigenvalue weighted by Crippen LogP contribution is 2.44. The molecule has 0 aliphatic heterocycles. The summed E-state index contributed by atoms with van der Waals surface area (Å²) < 4.78 is 5.05. The summed E-state index contributed by atoms with van der Waals surface area (Å²) in [5.74, 6) is 1.49. The van der Waals surface area contributed by atoms with Crippen molar-refractivity contribution < 1.29 is 4.74 Å². The molecule has 1 heterocycles. The summed E-state index contributed by atoms with van der Waals surface area (Å²) in [6.45, 7) is 1.66. The van der Waals surface area contributed by atoms with Gasteiger partial charge in [0, 0.05) is 12.6 Å². The number of methoxy groups -OCH3 is 1. The summed E-state index contributed by atoms with van der Waals surface area (Å²) >= 11 is 0. The highest BCUT2D eigenvalue weighted by molar-refractivity contribution is 5.37. The number of ether oxygens (including phenoxy) is 1. The second kappa shape index (κ2) is 4.06. The molecule has 1 aliphatic carbocycles. The molecule has 0 saturated heterocycles. The lowest BCUT2D eigenvalue weighted by atomic mass is 10.1. The molecule has 4 nitrogen and oxygen atoms in total. The summed E-state index contributed by atoms with van der Waals surface area (Å²) in [6.07, 6.45) is 2.45. The summed E-state index contributed by atoms with van der Waals surface area (Å²) in [5, 5.41) is 3.30. The molecule has 1 aliphatic rings. The number of rotatable bonds is 5. The van der Waals surface area contributed by atoms with Crippen LogP contribution in [0, 0.1) is 5.41 Å². The zero-order valence-electron chi connectivity index (χ0n) is 8.99. The number of pyridine rings is 1. The molecule has 1 aromatic heterocycles. The van der Waals surface area contributed by atoms with Gasteiger partial charge in [0.05, 0.1) is 7.11 Å². The van der Waals surface area contributed by atoms with E-state index in [1.807, 2.05) is 18.2 Å². The topological polar surface area (TPSA) is 60.2 Å². The zero-order valence-corrected chi connectivity index (χ0v) is 8.99. The lowest BCUT2D eigenvalue weighted by Crippen LogP contribution is -2.24. The van der Waals surface area contributed by atoms with Crippen LogP contribution in [0.25, 0.3) is 0 Å². The predicted octanol–water partition coefficient (Wildman–Crippen LogP) is 1.24. The van der Waals surface area contributed by atoms with Crippen LogP contribution in [-0.2, 0) is 0 Å². The summed E-state index contributed by atoms with van der Waals surface area (Å²) in [6, 6.07) is 5.70. The fourth-order valence-corrected chi connectivity index (χ4v) is 1.53. The predicted molar refractivity (Wildman–Crippen MR) is 60.0 cm³/mol. The highest BCUT2D eigenvalue weighted by atomic mass is 16.5. The Hall–Kier alpha value is -1.29. The largest absolute Gasteiger partial charge is 0.481 e. The van der Waals surface area contributed by atoms with Crippen LogP contribution in [0.3, 0.4) is 0 Å². The van der Waals surface area contributed by atoms with Crippen molar-refractivity contribution in [1.82, 2.24) is 4.98 Å². The number of nitrogens with one attached hydrogen (secondary N) is 1. The van der Waals surface area contributed by atoms with Gasteiger partial charge in [0.25, 0.3) is 0 Å². The highest BCUT2D eigenvalue weighted by Gasteiger charge is 2.40. The first-order valence-corrected chi connectivity index (χ1v) is 5.23. The molecule has 0 atom stereocenters. The molecule has 0 radical (unpaired) electrons. The average molecular weight is 207 g/mol. The van der Waals surface area contributed by atoms with E-state index in [4.69, 9.17) is 10.5 Å². The first kappa shape index (κ1) is 10.2. The number of nitrogens with two attached hydrogens (primary N) is 1. The van der Waals surface area contributed by atoms with E-state index in [1.54, 1.807) is 7.11 Å². The van der Waals surface area contributed by atoms with E-state index in [-0.39, 0.29) is 0 Å². The Morgan fingerprint density at radius 1 is 1.53 bits per heavy atom. The molecule has 82 valence electrons. The van der Waals surface area contributed by atoms with Crippen LogP contribution >= 0.6 is 0 Å². The molecule has 0 amide bonds. The molecule has 2 rings (SSSR count). The molecule has 1 saturated carbocycles. The minimum atomic E-state index is 0.324. The minimum Gasteiger partial charge on any atom is -0.481 e. The maximum absolute atomic E-state index is 5.70. The van der Waals surface area contributed by atoms with Crippen LogP contribution in [0.5, 0.6) is 5.88 Å². The van der Waals surface area contributed by atoms with Gasteiger partial charge in [-0.05, 0) is 30.9 Å². The molecule has 0 spiro atoms. The second-order valence-electron chi connectivity index (χ2n) is 4.12. The van der Waals surface area contributed by atoms with Gasteiger partial charge < -0.3 is 15.8 Å². The summed E-state index contributed by atoms with van der Waals surface area (Å²) in [5.41, 5.74) is 6.03. The monoisotopic (exact) mass is 207 g/mol. The zero-order chi connectivity index (χ0) is 10.7. The normalized spacial score (nSPS) is 17.2. The molecular formula is C11H17N3O. The SMILES string of the molecule is COc1cccc(NCC2(CN)CC2)n1. The Kier molecular flexibility index (Phi) is 2.77. The van der Waals surface area contributed by atoms with Gasteiger partial charge in [0.1, 0.15) is 5.82 Å². The first-order chi connectivity index (χ1) is 7.28. The van der Waals surface area contributed by atoms with Gasteiger partial charge in [-0.2, -0.15) is 4.98 Å². The van der Waals surface area contributed by atoms with Crippen molar-refractivity contribution in [3.05, 3.63) is 18.2 Å². The summed E-state index contributed by atoms with van der Waals surface area (Å²) in [7, 11) is 1.62. The number of hydrogen-bond acceptors (Lipinski definition) is 4. The number of anilines is 1. The maximum Gasteiger partial charge on any atom is 0.214 e. The van der Waals surface area contributed by atoms with E-state index in [2.05, 4.69) is 10.3 Å². The molecule has 3 N–H and O–H groups in total. The van der Waals surface area contributed by atoms with Crippen LogP contribution in [0.4, 0.5) is 5.82 Å². The Morgan fingerprint density at radius 3 is 2.93 bits per heavy atom. The molecule has 1 fully saturated rings. The van der Waals surface area contributed by atoms with Crippen molar-refractivity contribution in [3.63, 3.8) is 0 Å². The van der Waals surface area contributed by atoms with Crippen molar-refractivity contribution in [2.75, 3.05) is 25.5 Å². The van der Waals surface area contributed by atoms with Crippen LogP contribution in [0.1, 0.15) is 12.8 Å². The third-order valence-corrected chi connectivity index (χ3v) is 2.97. The van der Waals surface area contributed by atoms with E-state index in [1.165, 1.54) is 12.8 Å². The molecule has 0 unspecified atom stereocenters. The van der Waals surface area contributed by atoms with Gasteiger partial charge in [-0.3, -0.25) is 0 Å². The van der Waals surface area contributed by atoms with Gasteiger partial charge in [-0.15, -0.1) is 0 Å². The molecule has 15 heavy (non-hydrogen) atoms. The standard InChI is InChI=1S/C11H17N3O/c1-15-10-4-2-3-9(14-10)13-8-11(7-12)5-6-11/h2-4H,5-8,12H2,1H3,(H,13,14). The Morgan fingerprint density at radius 2 is 2.33 bits per heavy atom. The van der Waals surface area contributed by atoms with Crippen LogP contribution in [-0.4, -0.2) is 25.2 Å². The van der Waals surface area contributed by atoms with Crippen LogP contribution in [0.15, 0.2) is 18.2 Å². The lowest BCUT2D eigenvalue weighted by molar-refractivity contribution is 0.398. The molecule has 4 heteroatoms. The lowest BCUT2D eigenvalue weighted by Gasteiger charge is -2.13. The Balaban J connectivity index is 1.93. The third-order valence-electron chi connectivity index (χ3n) is 2.97. The van der Waals surface area contributed by atoms with Gasteiger partial charge in [-0.1, -0.05) is 6.07 Å². The average Bonchev–Trinajstić information content (AvgIpc) is 3.07. The van der Waals surface area contributed by atoms with Crippen LogP contribution < -0.4 is 15.8 Å². The quantitative estimate of drug-likeness (QED) is 0.762. The van der Waals surface area contributed by atoms with Crippen molar-refractivity contribution in [2.45, 2.75) is 12.8 Å². The Bertz CT molecular complexity index is 336. The smallest absolute Gasteiger partial charge is 0.214 e. The van der Waals surface area contributed by atoms with Gasteiger partial charge in [0.2, 0.25) is 5.88 Å². The molecule has 1 aromatic rings. The van der Waals surface area contributed by atoms with Gasteiger partial charge in [0.15, 0.2) is 0 Å². The van der Waals surface area contributed by atoms with E-state index >= 15 is 0 Å². The van der Waals surface area contributed by atoms with E-state index in [0.29, 0.717) is 11.3 Å². The third kappa shape index (κ3) is 2.39. The van der Waals surface area contributed by atoms with E-state index in [0.717, 1.165) is 18.9 Å². The van der Waals surface area contributed by atoms with Crippen LogP contribution in [0.2, 0.25) is 0 Å². The van der Waals surface area contributed by atoms with Crippen molar-refractivity contribution in [1.29, 1.82) is 0 Å². The second-order valence-corrected chi connectivity index (χ2v) is 4.12. The minimum absolute atomic E-state index is 0.324. The van der Waals surface area contributed by atoms with Gasteiger partial charge in [-0.25, -0.2) is 0 Å². The fourth-order valence-electron chi connectivity index (χ4n) is 1.53. The van der Waals surface area contributed by atoms with Crippen molar-refractivity contribution >= 4 is 5.82 Å². The number of nitrogens with zero attached hydrogens (tertiary/aromatic N) is 1. The van der Waals surface area contributed by atoms with E-state index in [9.17, 15) is 0 Å². The summed E-state index contributed by atoms with van der Waals surface area (Å²) in [4.78, 5) is 4.28. The van der Waals surface area contributed by atoms with E-state index < -0.39 is 0 Å². The van der Waals surface area contributed by atoms with Crippen molar-refractivity contribution in [3.8, 4) is 5.88 Å². The fraction of sp³-hybridized carbons (Fsp3) is 0.545.